The van der Waals surface area contributed by atoms with Crippen LogP contribution in [0.2, 0.25) is 0 Å². The highest BCUT2D eigenvalue weighted by Crippen LogP contribution is 2.43. The number of hydrogen-bond acceptors (Lipinski definition) is 2. The minimum Gasteiger partial charge on any atom is -0.497 e. The Morgan fingerprint density at radius 2 is 1.27 bits per heavy atom. The molecule has 0 fully saturated rings. The lowest BCUT2D eigenvalue weighted by atomic mass is 9.89. The van der Waals surface area contributed by atoms with Gasteiger partial charge in [-0.1, -0.05) is 48.6 Å². The summed E-state index contributed by atoms with van der Waals surface area (Å²) in [5.74, 6) is 1.67. The van der Waals surface area contributed by atoms with E-state index in [4.69, 9.17) is 13.9 Å². The Hall–Kier alpha value is -4.11. The number of methoxy groups -OCH3 is 2. The van der Waals surface area contributed by atoms with Crippen LogP contribution in [0.5, 0.6) is 11.5 Å². The lowest BCUT2D eigenvalue weighted by molar-refractivity contribution is 0.414. The topological polar surface area (TPSA) is 29.8 Å². The van der Waals surface area contributed by atoms with Crippen LogP contribution in [-0.4, -0.2) is 21.3 Å². The van der Waals surface area contributed by atoms with Crippen molar-refractivity contribution in [3.63, 3.8) is 0 Å². The van der Waals surface area contributed by atoms with E-state index < -0.39 is 0 Å². The summed E-state index contributed by atoms with van der Waals surface area (Å²) in [6, 6.07) is 29.2. The first kappa shape index (κ1) is 20.8. The van der Waals surface area contributed by atoms with Crippen molar-refractivity contribution < 1.29 is 9.47 Å². The first-order valence-corrected chi connectivity index (χ1v) is 10.9. The molecule has 0 aliphatic heterocycles. The maximum Gasteiger partial charge on any atom is 0.343 e. The summed E-state index contributed by atoms with van der Waals surface area (Å²) < 4.78 is 16.3. The van der Waals surface area contributed by atoms with Crippen molar-refractivity contribution in [1.82, 2.24) is 0 Å². The number of benzene rings is 1. The number of fused-ring (bicyclic) bond motifs is 2. The molecule has 0 unspecified atom stereocenters. The van der Waals surface area contributed by atoms with Gasteiger partial charge in [0.15, 0.2) is 0 Å². The van der Waals surface area contributed by atoms with E-state index in [-0.39, 0.29) is 0 Å². The summed E-state index contributed by atoms with van der Waals surface area (Å²) in [6.07, 6.45) is 4.38. The molecule has 0 spiro atoms. The molecule has 0 heterocycles. The van der Waals surface area contributed by atoms with Gasteiger partial charge in [0.2, 0.25) is 0 Å². The van der Waals surface area contributed by atoms with Crippen LogP contribution in [-0.2, 0) is 0 Å². The monoisotopic (exact) mass is 433 g/mol. The fourth-order valence-electron chi connectivity index (χ4n) is 4.39. The van der Waals surface area contributed by atoms with Crippen LogP contribution in [0, 0.1) is 0 Å². The molecule has 0 amide bonds. The predicted octanol–water partition coefficient (Wildman–Crippen LogP) is 6.32. The van der Waals surface area contributed by atoms with Crippen molar-refractivity contribution in [1.29, 1.82) is 0 Å². The molecule has 0 saturated heterocycles. The Morgan fingerprint density at radius 3 is 2.00 bits per heavy atom. The third kappa shape index (κ3) is 3.83. The largest absolute Gasteiger partial charge is 0.497 e. The summed E-state index contributed by atoms with van der Waals surface area (Å²) in [5, 5.41) is 0. The van der Waals surface area contributed by atoms with Crippen LogP contribution < -0.4 is 14.9 Å². The normalized spacial score (nSPS) is 14.3. The number of ether oxygens (including phenoxy) is 2. The summed E-state index contributed by atoms with van der Waals surface area (Å²) in [5.41, 5.74) is 10.2. The van der Waals surface area contributed by atoms with E-state index in [1.165, 1.54) is 39.0 Å². The van der Waals surface area contributed by atoms with Gasteiger partial charge in [-0.05, 0) is 80.9 Å². The van der Waals surface area contributed by atoms with E-state index >= 15 is 0 Å². The van der Waals surface area contributed by atoms with Gasteiger partial charge in [0, 0.05) is 12.1 Å². The Balaban J connectivity index is 1.80. The van der Waals surface area contributed by atoms with E-state index in [2.05, 4.69) is 60.7 Å². The molecule has 2 aromatic carbocycles. The quantitative estimate of drug-likeness (QED) is 0.353. The smallest absolute Gasteiger partial charge is 0.343 e. The summed E-state index contributed by atoms with van der Waals surface area (Å²) in [7, 11) is 5.08. The second kappa shape index (κ2) is 8.79. The van der Waals surface area contributed by atoms with Crippen LogP contribution in [0.15, 0.2) is 95.4 Å². The summed E-state index contributed by atoms with van der Waals surface area (Å²) in [4.78, 5) is 0. The minimum absolute atomic E-state index is 0.834. The second-order valence-electron chi connectivity index (χ2n) is 7.88. The predicted molar refractivity (Wildman–Crippen MR) is 136 cm³/mol. The highest BCUT2D eigenvalue weighted by molar-refractivity contribution is 6.10. The van der Waals surface area contributed by atoms with Gasteiger partial charge in [-0.3, -0.25) is 4.42 Å². The average molecular weight is 434 g/mol. The molecule has 5 rings (SSSR count). The van der Waals surface area contributed by atoms with Gasteiger partial charge >= 0.3 is 5.43 Å². The molecule has 3 aliphatic carbocycles. The second-order valence-corrected chi connectivity index (χ2v) is 7.88. The lowest BCUT2D eigenvalue weighted by Crippen LogP contribution is -1.94. The van der Waals surface area contributed by atoms with Crippen LogP contribution in [0.25, 0.3) is 28.3 Å². The number of allylic oxidation sites excluding steroid dienone is 2. The average Bonchev–Trinajstić information content (AvgIpc) is 3.29. The highest BCUT2D eigenvalue weighted by Gasteiger charge is 2.21. The van der Waals surface area contributed by atoms with Crippen molar-refractivity contribution in [3.8, 4) is 22.6 Å². The summed E-state index contributed by atoms with van der Waals surface area (Å²) in [6.45, 7) is 0. The number of rotatable bonds is 4. The lowest BCUT2D eigenvalue weighted by Gasteiger charge is -2.14. The maximum atomic E-state index is 5.45. The molecule has 0 bridgehead atoms. The zero-order valence-corrected chi connectivity index (χ0v) is 19.0. The van der Waals surface area contributed by atoms with Gasteiger partial charge in [-0.25, -0.2) is 0 Å². The Kier molecular flexibility index (Phi) is 5.54. The fourth-order valence-corrected chi connectivity index (χ4v) is 4.39. The van der Waals surface area contributed by atoms with Crippen LogP contribution in [0.3, 0.4) is 0 Å². The van der Waals surface area contributed by atoms with Crippen molar-refractivity contribution in [2.75, 3.05) is 21.3 Å². The standard InChI is InChI=1S/C30H25O3/c1-31-23-12-6-22(7-13-23)30(28-16-8-20-4-10-24(32-2)14-18-26(20)28)29-17-9-21-5-11-25(33-3)15-19-27(21)29/h4-19H,1-3H3/q+1/b30-28-. The molecule has 3 heteroatoms. The first-order valence-electron chi connectivity index (χ1n) is 10.9. The van der Waals surface area contributed by atoms with E-state index in [0.717, 1.165) is 22.5 Å². The van der Waals surface area contributed by atoms with Crippen LogP contribution in [0.4, 0.5) is 0 Å². The zero-order chi connectivity index (χ0) is 22.8. The third-order valence-electron chi connectivity index (χ3n) is 6.13. The van der Waals surface area contributed by atoms with Gasteiger partial charge in [0.1, 0.15) is 11.5 Å². The van der Waals surface area contributed by atoms with Crippen LogP contribution in [0.1, 0.15) is 22.3 Å². The Morgan fingerprint density at radius 1 is 0.636 bits per heavy atom. The minimum atomic E-state index is 0.834. The maximum absolute atomic E-state index is 5.45. The third-order valence-corrected chi connectivity index (χ3v) is 6.13. The molecule has 2 aromatic rings. The van der Waals surface area contributed by atoms with Crippen LogP contribution >= 0.6 is 0 Å². The highest BCUT2D eigenvalue weighted by atomic mass is 16.5. The Labute approximate surface area is 193 Å². The fraction of sp³-hybridized carbons (Fsp3) is 0.100. The Bertz CT molecular complexity index is 1430. The van der Waals surface area contributed by atoms with Gasteiger partial charge in [-0.2, -0.15) is 0 Å². The molecule has 0 saturated carbocycles. The van der Waals surface area contributed by atoms with Crippen molar-refractivity contribution >= 4 is 17.2 Å². The molecule has 0 atom stereocenters. The number of hydrogen-bond donors (Lipinski definition) is 0. The molecule has 0 radical (unpaired) electrons. The van der Waals surface area contributed by atoms with E-state index in [1.54, 1.807) is 21.3 Å². The summed E-state index contributed by atoms with van der Waals surface area (Å²) >= 11 is 0. The molecular weight excluding hydrogens is 408 g/mol. The van der Waals surface area contributed by atoms with Crippen molar-refractivity contribution in [2.45, 2.75) is 0 Å². The molecule has 3 nitrogen and oxygen atoms in total. The molecule has 33 heavy (non-hydrogen) atoms. The molecule has 0 N–H and O–H groups in total. The van der Waals surface area contributed by atoms with E-state index in [9.17, 15) is 0 Å². The van der Waals surface area contributed by atoms with Crippen molar-refractivity contribution in [2.24, 2.45) is 0 Å². The molecule has 3 aliphatic rings. The molecule has 0 aromatic heterocycles. The molecular formula is C30H25O3+. The first-order chi connectivity index (χ1) is 16.2. The van der Waals surface area contributed by atoms with E-state index in [1.807, 2.05) is 36.4 Å². The van der Waals surface area contributed by atoms with Crippen molar-refractivity contribution in [3.05, 3.63) is 123 Å². The SMILES string of the molecule is COc1ccc(/C(=C2\C=Cc3ccc(=[O+]C)ccc32)c2ccc3ccc(OC)ccc2-3)cc1. The van der Waals surface area contributed by atoms with Gasteiger partial charge in [0.05, 0.1) is 14.2 Å². The van der Waals surface area contributed by atoms with Gasteiger partial charge in [0.25, 0.3) is 7.11 Å². The van der Waals surface area contributed by atoms with Gasteiger partial charge in [-0.15, -0.1) is 0 Å². The van der Waals surface area contributed by atoms with E-state index in [0.29, 0.717) is 0 Å². The zero-order valence-electron chi connectivity index (χ0n) is 19.0. The van der Waals surface area contributed by atoms with Gasteiger partial charge < -0.3 is 9.47 Å². The molecule has 162 valence electrons.